The van der Waals surface area contributed by atoms with Gasteiger partial charge in [0.1, 0.15) is 0 Å². The van der Waals surface area contributed by atoms with E-state index in [-0.39, 0.29) is 22.8 Å². The molecule has 0 bridgehead atoms. The lowest BCUT2D eigenvalue weighted by atomic mass is 9.97. The third-order valence-electron chi connectivity index (χ3n) is 5.74. The Hall–Kier alpha value is -1.87. The zero-order chi connectivity index (χ0) is 22.4. The number of para-hydroxylation sites is 1. The summed E-state index contributed by atoms with van der Waals surface area (Å²) in [5, 5.41) is 3.04. The highest BCUT2D eigenvalue weighted by atomic mass is 32.2. The van der Waals surface area contributed by atoms with Gasteiger partial charge in [0.05, 0.1) is 16.6 Å². The molecule has 168 valence electrons. The largest absolute Gasteiger partial charge is 0.324 e. The number of carbonyl (C=O) groups excluding carboxylic acids is 1. The maximum absolute atomic E-state index is 12.8. The van der Waals surface area contributed by atoms with E-state index in [1.807, 2.05) is 44.4 Å². The Bertz CT molecular complexity index is 993. The topological polar surface area (TPSA) is 78.5 Å². The number of sulfonamides is 1. The Balaban J connectivity index is 1.57. The van der Waals surface area contributed by atoms with E-state index >= 15 is 0 Å². The number of amides is 1. The summed E-state index contributed by atoms with van der Waals surface area (Å²) in [5.41, 5.74) is 1.85. The molecule has 1 fully saturated rings. The van der Waals surface area contributed by atoms with Crippen molar-refractivity contribution in [3.05, 3.63) is 54.1 Å². The van der Waals surface area contributed by atoms with E-state index in [0.29, 0.717) is 13.1 Å². The smallest absolute Gasteiger partial charge is 0.241 e. The summed E-state index contributed by atoms with van der Waals surface area (Å²) in [5.74, 6) is 0.130. The lowest BCUT2D eigenvalue weighted by molar-refractivity contribution is -0.121. The van der Waals surface area contributed by atoms with Gasteiger partial charge in [0.25, 0.3) is 0 Å². The maximum atomic E-state index is 12.8. The van der Waals surface area contributed by atoms with Crippen LogP contribution in [0.4, 0.5) is 5.69 Å². The molecule has 6 nitrogen and oxygen atoms in total. The molecule has 0 spiro atoms. The fraction of sp³-hybridized carbons (Fsp3) is 0.435. The first-order valence-electron chi connectivity index (χ1n) is 10.5. The van der Waals surface area contributed by atoms with Crippen molar-refractivity contribution in [2.24, 2.45) is 5.92 Å². The van der Waals surface area contributed by atoms with Gasteiger partial charge in [-0.05, 0) is 69.7 Å². The number of benzene rings is 2. The van der Waals surface area contributed by atoms with Crippen LogP contribution in [0, 0.1) is 12.8 Å². The summed E-state index contributed by atoms with van der Waals surface area (Å²) >= 11 is 1.60. The van der Waals surface area contributed by atoms with Crippen molar-refractivity contribution in [3.63, 3.8) is 0 Å². The van der Waals surface area contributed by atoms with Gasteiger partial charge in [0.15, 0.2) is 0 Å². The zero-order valence-electron chi connectivity index (χ0n) is 18.3. The highest BCUT2D eigenvalue weighted by Crippen LogP contribution is 2.25. The fourth-order valence-electron chi connectivity index (χ4n) is 3.79. The van der Waals surface area contributed by atoms with Gasteiger partial charge in [0.2, 0.25) is 15.9 Å². The van der Waals surface area contributed by atoms with E-state index in [2.05, 4.69) is 14.9 Å². The van der Waals surface area contributed by atoms with Crippen molar-refractivity contribution in [2.45, 2.75) is 42.5 Å². The molecule has 0 saturated carbocycles. The van der Waals surface area contributed by atoms with Gasteiger partial charge in [0, 0.05) is 18.0 Å². The van der Waals surface area contributed by atoms with Gasteiger partial charge in [-0.1, -0.05) is 29.8 Å². The van der Waals surface area contributed by atoms with Crippen molar-refractivity contribution in [2.75, 3.05) is 31.2 Å². The van der Waals surface area contributed by atoms with Crippen LogP contribution in [-0.4, -0.2) is 51.2 Å². The van der Waals surface area contributed by atoms with E-state index in [1.165, 1.54) is 0 Å². The first-order chi connectivity index (χ1) is 14.8. The zero-order valence-corrected chi connectivity index (χ0v) is 19.9. The number of anilines is 1. The maximum Gasteiger partial charge on any atom is 0.241 e. The number of thioether (sulfide) groups is 1. The molecule has 1 heterocycles. The van der Waals surface area contributed by atoms with Crippen LogP contribution in [0.25, 0.3) is 0 Å². The Morgan fingerprint density at radius 1 is 1.19 bits per heavy atom. The molecular formula is C23H31N3O3S2. The lowest BCUT2D eigenvalue weighted by Crippen LogP contribution is -2.49. The normalized spacial score (nSPS) is 18.5. The summed E-state index contributed by atoms with van der Waals surface area (Å²) in [6.45, 7) is 5.73. The number of likely N-dealkylation sites (tertiary alicyclic amines) is 1. The standard InChI is InChI=1S/C23H31N3O3S2/c1-17-10-12-20(13-11-17)31(28,29)24-15-19-7-6-14-26(16-19)18(2)23(27)25-21-8-4-5-9-22(21)30-3/h4-5,8-13,18-19,24H,6-7,14-16H2,1-3H3,(H,25,27). The van der Waals surface area contributed by atoms with Crippen molar-refractivity contribution in [1.82, 2.24) is 9.62 Å². The first kappa shape index (κ1) is 23.8. The summed E-state index contributed by atoms with van der Waals surface area (Å²) in [4.78, 5) is 16.3. The minimum absolute atomic E-state index is 0.0395. The quantitative estimate of drug-likeness (QED) is 0.586. The number of hydrogen-bond donors (Lipinski definition) is 2. The van der Waals surface area contributed by atoms with Gasteiger partial charge in [-0.3, -0.25) is 9.69 Å². The molecule has 8 heteroatoms. The molecular weight excluding hydrogens is 430 g/mol. The van der Waals surface area contributed by atoms with Gasteiger partial charge in [-0.15, -0.1) is 11.8 Å². The van der Waals surface area contributed by atoms with Crippen LogP contribution >= 0.6 is 11.8 Å². The monoisotopic (exact) mass is 461 g/mol. The van der Waals surface area contributed by atoms with Gasteiger partial charge in [-0.2, -0.15) is 0 Å². The number of rotatable bonds is 8. The molecule has 1 aliphatic heterocycles. The van der Waals surface area contributed by atoms with Crippen LogP contribution < -0.4 is 10.0 Å². The Kier molecular flexibility index (Phi) is 8.16. The van der Waals surface area contributed by atoms with Crippen LogP contribution in [0.1, 0.15) is 25.3 Å². The van der Waals surface area contributed by atoms with Crippen LogP contribution in [0.2, 0.25) is 0 Å². The third kappa shape index (κ3) is 6.32. The van der Waals surface area contributed by atoms with Crippen molar-refractivity contribution >= 4 is 33.4 Å². The minimum Gasteiger partial charge on any atom is -0.324 e. The average Bonchev–Trinajstić information content (AvgIpc) is 2.78. The Labute approximate surface area is 189 Å². The SMILES string of the molecule is CSc1ccccc1NC(=O)C(C)N1CCCC(CNS(=O)(=O)c2ccc(C)cc2)C1. The van der Waals surface area contributed by atoms with Crippen LogP contribution in [0.3, 0.4) is 0 Å². The summed E-state index contributed by atoms with van der Waals surface area (Å²) in [6, 6.07) is 14.3. The van der Waals surface area contributed by atoms with Gasteiger partial charge in [-0.25, -0.2) is 13.1 Å². The molecule has 1 saturated heterocycles. The molecule has 3 rings (SSSR count). The molecule has 2 atom stereocenters. The molecule has 2 aromatic rings. The van der Waals surface area contributed by atoms with E-state index in [9.17, 15) is 13.2 Å². The van der Waals surface area contributed by atoms with E-state index in [0.717, 1.165) is 35.5 Å². The summed E-state index contributed by atoms with van der Waals surface area (Å²) in [6.07, 6.45) is 3.87. The molecule has 2 unspecified atom stereocenters. The molecule has 2 N–H and O–H groups in total. The van der Waals surface area contributed by atoms with Crippen LogP contribution in [0.5, 0.6) is 0 Å². The van der Waals surface area contributed by atoms with Crippen molar-refractivity contribution in [1.29, 1.82) is 0 Å². The number of nitrogens with zero attached hydrogens (tertiary/aromatic N) is 1. The van der Waals surface area contributed by atoms with Crippen LogP contribution in [-0.2, 0) is 14.8 Å². The van der Waals surface area contributed by atoms with Gasteiger partial charge >= 0.3 is 0 Å². The van der Waals surface area contributed by atoms with Crippen molar-refractivity contribution < 1.29 is 13.2 Å². The lowest BCUT2D eigenvalue weighted by Gasteiger charge is -2.36. The molecule has 0 aromatic heterocycles. The molecule has 0 aliphatic carbocycles. The first-order valence-corrected chi connectivity index (χ1v) is 13.2. The Morgan fingerprint density at radius 2 is 1.90 bits per heavy atom. The second kappa shape index (κ2) is 10.6. The van der Waals surface area contributed by atoms with Crippen molar-refractivity contribution in [3.8, 4) is 0 Å². The molecule has 31 heavy (non-hydrogen) atoms. The summed E-state index contributed by atoms with van der Waals surface area (Å²) in [7, 11) is -3.53. The predicted molar refractivity (Wildman–Crippen MR) is 127 cm³/mol. The second-order valence-corrected chi connectivity index (χ2v) is 10.6. The third-order valence-corrected chi connectivity index (χ3v) is 7.97. The predicted octanol–water partition coefficient (Wildman–Crippen LogP) is 3.73. The molecule has 1 amide bonds. The minimum atomic E-state index is -3.53. The van der Waals surface area contributed by atoms with E-state index in [4.69, 9.17) is 0 Å². The number of hydrogen-bond acceptors (Lipinski definition) is 5. The number of piperidine rings is 1. The number of carbonyl (C=O) groups is 1. The highest BCUT2D eigenvalue weighted by Gasteiger charge is 2.28. The number of nitrogens with one attached hydrogen (secondary N) is 2. The second-order valence-electron chi connectivity index (χ2n) is 8.03. The molecule has 1 aliphatic rings. The number of aryl methyl sites for hydroxylation is 1. The highest BCUT2D eigenvalue weighted by molar-refractivity contribution is 7.98. The van der Waals surface area contributed by atoms with Gasteiger partial charge < -0.3 is 5.32 Å². The Morgan fingerprint density at radius 3 is 2.61 bits per heavy atom. The fourth-order valence-corrected chi connectivity index (χ4v) is 5.46. The summed E-state index contributed by atoms with van der Waals surface area (Å²) < 4.78 is 27.9. The van der Waals surface area contributed by atoms with E-state index in [1.54, 1.807) is 36.0 Å². The molecule has 2 aromatic carbocycles. The van der Waals surface area contributed by atoms with E-state index < -0.39 is 10.0 Å². The average molecular weight is 462 g/mol. The van der Waals surface area contributed by atoms with Crippen LogP contribution in [0.15, 0.2) is 58.3 Å². The molecule has 0 radical (unpaired) electrons.